The summed E-state index contributed by atoms with van der Waals surface area (Å²) in [5.41, 5.74) is 4.78. The van der Waals surface area contributed by atoms with Crippen molar-refractivity contribution in [1.82, 2.24) is 9.35 Å². The first-order valence-electron chi connectivity index (χ1n) is 17.4. The molecule has 12 aromatic rings. The van der Waals surface area contributed by atoms with Gasteiger partial charge in [0.2, 0.25) is 0 Å². The molecule has 0 fully saturated rings. The van der Waals surface area contributed by atoms with Crippen molar-refractivity contribution in [1.29, 1.82) is 0 Å². The minimum Gasteiger partial charge on any atom is -0.248 e. The molecule has 2 nitrogen and oxygen atoms in total. The number of benzene rings is 10. The average molecular weight is 633 g/mol. The highest BCUT2D eigenvalue weighted by Gasteiger charge is 2.21. The largest absolute Gasteiger partial charge is 0.248 e. The number of aromatic nitrogens is 2. The molecule has 0 aliphatic heterocycles. The second kappa shape index (κ2) is 9.49. The second-order valence-corrected chi connectivity index (χ2v) is 13.7. The van der Waals surface area contributed by atoms with E-state index in [2.05, 4.69) is 179 Å². The SMILES string of the molecule is c1ccc2c(c1)c1ccccc1c1cc3c(cc21)c1ccccc1n3-n1c2ccccc2c2cc3c4ccccc4c4ccccc4c3cc21. The van der Waals surface area contributed by atoms with Crippen molar-refractivity contribution in [3.05, 3.63) is 170 Å². The third-order valence-corrected chi connectivity index (χ3v) is 11.2. The molecule has 0 aliphatic rings. The van der Waals surface area contributed by atoms with Crippen molar-refractivity contribution in [3.8, 4) is 0 Å². The molecule has 50 heavy (non-hydrogen) atoms. The van der Waals surface area contributed by atoms with E-state index in [9.17, 15) is 0 Å². The van der Waals surface area contributed by atoms with Crippen LogP contribution in [0.15, 0.2) is 170 Å². The summed E-state index contributed by atoms with van der Waals surface area (Å²) in [5.74, 6) is 0. The van der Waals surface area contributed by atoms with E-state index in [0.29, 0.717) is 0 Å². The summed E-state index contributed by atoms with van der Waals surface area (Å²) in [6.45, 7) is 0. The van der Waals surface area contributed by atoms with E-state index >= 15 is 0 Å². The summed E-state index contributed by atoms with van der Waals surface area (Å²) in [4.78, 5) is 0. The van der Waals surface area contributed by atoms with Crippen LogP contribution >= 0.6 is 0 Å². The van der Waals surface area contributed by atoms with Crippen molar-refractivity contribution in [3.63, 3.8) is 0 Å². The summed E-state index contributed by atoms with van der Waals surface area (Å²) in [6, 6.07) is 63.1. The highest BCUT2D eigenvalue weighted by atomic mass is 15.5. The molecule has 0 bridgehead atoms. The number of rotatable bonds is 1. The summed E-state index contributed by atoms with van der Waals surface area (Å²) in [6.07, 6.45) is 0. The van der Waals surface area contributed by atoms with E-state index in [-0.39, 0.29) is 0 Å². The van der Waals surface area contributed by atoms with Gasteiger partial charge in [0.05, 0.1) is 22.1 Å². The number of hydrogen-bond donors (Lipinski definition) is 0. The van der Waals surface area contributed by atoms with Gasteiger partial charge in [0.1, 0.15) is 0 Å². The third-order valence-electron chi connectivity index (χ3n) is 11.2. The van der Waals surface area contributed by atoms with E-state index in [4.69, 9.17) is 0 Å². The molecule has 230 valence electrons. The Morgan fingerprint density at radius 1 is 0.180 bits per heavy atom. The van der Waals surface area contributed by atoms with Crippen LogP contribution in [0, 0.1) is 0 Å². The maximum absolute atomic E-state index is 2.48. The Kier molecular flexibility index (Phi) is 5.00. The van der Waals surface area contributed by atoms with E-state index in [0.717, 1.165) is 0 Å². The van der Waals surface area contributed by atoms with Crippen molar-refractivity contribution in [2.75, 3.05) is 0 Å². The van der Waals surface area contributed by atoms with Crippen molar-refractivity contribution < 1.29 is 0 Å². The number of nitrogens with zero attached hydrogens (tertiary/aromatic N) is 2. The Labute approximate surface area is 286 Å². The second-order valence-electron chi connectivity index (χ2n) is 13.7. The van der Waals surface area contributed by atoms with Crippen molar-refractivity contribution >= 4 is 108 Å². The van der Waals surface area contributed by atoms with E-state index in [1.54, 1.807) is 0 Å². The molecule has 0 spiro atoms. The molecule has 0 radical (unpaired) electrons. The fraction of sp³-hybridized carbons (Fsp3) is 0. The molecule has 0 saturated carbocycles. The predicted molar refractivity (Wildman–Crippen MR) is 215 cm³/mol. The normalized spacial score (nSPS) is 12.4. The molecule has 0 unspecified atom stereocenters. The molecular weight excluding hydrogens is 605 g/mol. The molecule has 0 amide bonds. The number of fused-ring (bicyclic) bond motifs is 18. The third kappa shape index (κ3) is 3.28. The Morgan fingerprint density at radius 3 is 0.740 bits per heavy atom. The lowest BCUT2D eigenvalue weighted by atomic mass is 9.93. The molecule has 2 aromatic heterocycles. The standard InChI is InChI=1S/C48H28N2/c1-5-17-33-29(13-1)31-15-3-7-19-35(31)41-27-47-43(25-39(33)41)37-21-9-11-23-45(37)49(47)50-46-24-12-10-22-38(46)44-26-40-34-18-6-2-14-30(34)32-16-4-8-20-36(32)42(40)28-48(44)50/h1-28H. The van der Waals surface area contributed by atoms with Gasteiger partial charge in [-0.05, 0) is 101 Å². The van der Waals surface area contributed by atoms with E-state index < -0.39 is 0 Å². The maximum atomic E-state index is 2.48. The van der Waals surface area contributed by atoms with Gasteiger partial charge in [-0.15, -0.1) is 0 Å². The highest BCUT2D eigenvalue weighted by Crippen LogP contribution is 2.43. The van der Waals surface area contributed by atoms with Gasteiger partial charge < -0.3 is 0 Å². The van der Waals surface area contributed by atoms with E-state index in [1.807, 2.05) is 0 Å². The van der Waals surface area contributed by atoms with Gasteiger partial charge in [-0.2, -0.15) is 0 Å². The maximum Gasteiger partial charge on any atom is 0.0722 e. The van der Waals surface area contributed by atoms with Crippen molar-refractivity contribution in [2.45, 2.75) is 0 Å². The zero-order valence-electron chi connectivity index (χ0n) is 27.1. The average Bonchev–Trinajstić information content (AvgIpc) is 3.68. The monoisotopic (exact) mass is 632 g/mol. The molecule has 0 aliphatic carbocycles. The smallest absolute Gasteiger partial charge is 0.0722 e. The van der Waals surface area contributed by atoms with Gasteiger partial charge in [-0.1, -0.05) is 133 Å². The lowest BCUT2D eigenvalue weighted by Crippen LogP contribution is -2.08. The Morgan fingerprint density at radius 2 is 0.420 bits per heavy atom. The van der Waals surface area contributed by atoms with Crippen LogP contribution < -0.4 is 0 Å². The molecule has 12 rings (SSSR count). The first kappa shape index (κ1) is 26.3. The fourth-order valence-corrected chi connectivity index (χ4v) is 9.12. The first-order valence-corrected chi connectivity index (χ1v) is 17.4. The van der Waals surface area contributed by atoms with Gasteiger partial charge in [-0.3, -0.25) is 0 Å². The summed E-state index contributed by atoms with van der Waals surface area (Å²) in [5, 5.41) is 20.5. The van der Waals surface area contributed by atoms with Crippen molar-refractivity contribution in [2.24, 2.45) is 0 Å². The van der Waals surface area contributed by atoms with Gasteiger partial charge in [-0.25, -0.2) is 9.35 Å². The van der Waals surface area contributed by atoms with Crippen LogP contribution in [0.4, 0.5) is 0 Å². The molecule has 10 aromatic carbocycles. The van der Waals surface area contributed by atoms with E-state index in [1.165, 1.54) is 108 Å². The molecular formula is C48H28N2. The lowest BCUT2D eigenvalue weighted by Gasteiger charge is -2.16. The summed E-state index contributed by atoms with van der Waals surface area (Å²) >= 11 is 0. The first-order chi connectivity index (χ1) is 24.8. The Balaban J connectivity index is 1.31. The van der Waals surface area contributed by atoms with Crippen LogP contribution in [0.2, 0.25) is 0 Å². The summed E-state index contributed by atoms with van der Waals surface area (Å²) < 4.78 is 4.96. The topological polar surface area (TPSA) is 9.86 Å². The Bertz CT molecular complexity index is 3200. The summed E-state index contributed by atoms with van der Waals surface area (Å²) in [7, 11) is 0. The number of para-hydroxylation sites is 2. The fourth-order valence-electron chi connectivity index (χ4n) is 9.12. The molecule has 0 saturated heterocycles. The molecule has 2 heteroatoms. The van der Waals surface area contributed by atoms with Crippen LogP contribution in [0.5, 0.6) is 0 Å². The van der Waals surface area contributed by atoms with Crippen LogP contribution in [0.25, 0.3) is 108 Å². The zero-order valence-corrected chi connectivity index (χ0v) is 27.1. The van der Waals surface area contributed by atoms with Gasteiger partial charge in [0, 0.05) is 21.5 Å². The molecule has 2 heterocycles. The van der Waals surface area contributed by atoms with Crippen LogP contribution in [0.1, 0.15) is 0 Å². The highest BCUT2D eigenvalue weighted by molar-refractivity contribution is 6.30. The van der Waals surface area contributed by atoms with Gasteiger partial charge >= 0.3 is 0 Å². The molecule has 0 atom stereocenters. The minimum absolute atomic E-state index is 1.19. The lowest BCUT2D eigenvalue weighted by molar-refractivity contribution is 0.775. The Hall–Kier alpha value is -6.64. The predicted octanol–water partition coefficient (Wildman–Crippen LogP) is 13.1. The van der Waals surface area contributed by atoms with Gasteiger partial charge in [0.25, 0.3) is 0 Å². The minimum atomic E-state index is 1.19. The zero-order chi connectivity index (χ0) is 32.5. The van der Waals surface area contributed by atoms with Crippen LogP contribution in [-0.4, -0.2) is 9.35 Å². The molecule has 0 N–H and O–H groups in total. The number of hydrogen-bond acceptors (Lipinski definition) is 0. The quantitative estimate of drug-likeness (QED) is 0.159. The van der Waals surface area contributed by atoms with Crippen LogP contribution in [0.3, 0.4) is 0 Å². The van der Waals surface area contributed by atoms with Crippen LogP contribution in [-0.2, 0) is 0 Å². The van der Waals surface area contributed by atoms with Gasteiger partial charge in [0.15, 0.2) is 0 Å².